The largest absolute Gasteiger partial charge is 0.287 e. The van der Waals surface area contributed by atoms with Crippen LogP contribution in [0.4, 0.5) is 0 Å². The lowest BCUT2D eigenvalue weighted by atomic mass is 10.1. The molecule has 5 aromatic rings. The van der Waals surface area contributed by atoms with Crippen LogP contribution in [0.5, 0.6) is 0 Å². The zero-order valence-corrected chi connectivity index (χ0v) is 19.6. The molecule has 5 rings (SSSR count). The van der Waals surface area contributed by atoms with Crippen molar-refractivity contribution in [2.75, 3.05) is 0 Å². The van der Waals surface area contributed by atoms with Crippen LogP contribution in [0.2, 0.25) is 0 Å². The van der Waals surface area contributed by atoms with Gasteiger partial charge < -0.3 is 0 Å². The highest BCUT2D eigenvalue weighted by Gasteiger charge is 2.18. The zero-order valence-electron chi connectivity index (χ0n) is 17.9. The smallest absolute Gasteiger partial charge is 0.275 e. The first-order chi connectivity index (χ1) is 15.5. The molecule has 3 heterocycles. The summed E-state index contributed by atoms with van der Waals surface area (Å²) in [5, 5.41) is 6.20. The fourth-order valence-electron chi connectivity index (χ4n) is 3.77. The molecule has 0 saturated heterocycles. The van der Waals surface area contributed by atoms with Gasteiger partial charge in [-0.1, -0.05) is 71.6 Å². The minimum absolute atomic E-state index is 0.150. The van der Waals surface area contributed by atoms with E-state index in [1.54, 1.807) is 11.8 Å². The number of benzene rings is 2. The summed E-state index contributed by atoms with van der Waals surface area (Å²) >= 11 is 3.05. The third-order valence-corrected chi connectivity index (χ3v) is 7.26. The predicted molar refractivity (Wildman–Crippen MR) is 130 cm³/mol. The van der Waals surface area contributed by atoms with Crippen LogP contribution in [0.25, 0.3) is 21.9 Å². The standard InChI is InChI=1S/C24H21N5OS2/c1-15-8-7-9-16(2)22(15)28-19(18-10-5-4-6-11-18)13-25-23(28)31-14-20-27-29-21(30)12-17(3)26-24(29)32-20/h4-13H,14H2,1-3H3. The van der Waals surface area contributed by atoms with Gasteiger partial charge in [-0.3, -0.25) is 9.36 Å². The number of nitrogens with zero attached hydrogens (tertiary/aromatic N) is 5. The summed E-state index contributed by atoms with van der Waals surface area (Å²) < 4.78 is 3.60. The third-order valence-electron chi connectivity index (χ3n) is 5.20. The van der Waals surface area contributed by atoms with Gasteiger partial charge in [0.2, 0.25) is 4.96 Å². The quantitative estimate of drug-likeness (QED) is 0.337. The Bertz CT molecular complexity index is 1460. The first-order valence-corrected chi connectivity index (χ1v) is 12.0. The number of para-hydroxylation sites is 1. The Morgan fingerprint density at radius 2 is 1.75 bits per heavy atom. The number of imidazole rings is 1. The van der Waals surface area contributed by atoms with Crippen LogP contribution in [0.15, 0.2) is 70.7 Å². The lowest BCUT2D eigenvalue weighted by molar-refractivity contribution is 0.865. The Kier molecular flexibility index (Phi) is 5.40. The van der Waals surface area contributed by atoms with E-state index >= 15 is 0 Å². The van der Waals surface area contributed by atoms with Crippen LogP contribution < -0.4 is 5.56 Å². The first kappa shape index (κ1) is 20.7. The van der Waals surface area contributed by atoms with Gasteiger partial charge in [0.05, 0.1) is 23.3 Å². The van der Waals surface area contributed by atoms with E-state index in [2.05, 4.69) is 58.8 Å². The molecule has 160 valence electrons. The fraction of sp³-hybridized carbons (Fsp3) is 0.167. The minimum atomic E-state index is -0.150. The molecule has 0 N–H and O–H groups in total. The SMILES string of the molecule is Cc1cc(=O)n2nc(CSc3ncc(-c4ccccc4)n3-c3c(C)cccc3C)sc2n1. The van der Waals surface area contributed by atoms with Crippen LogP contribution in [0.1, 0.15) is 21.8 Å². The molecule has 0 spiro atoms. The normalized spacial score (nSPS) is 11.3. The van der Waals surface area contributed by atoms with E-state index in [0.717, 1.165) is 27.1 Å². The molecule has 0 fully saturated rings. The Labute approximate surface area is 193 Å². The van der Waals surface area contributed by atoms with Crippen LogP contribution in [0, 0.1) is 20.8 Å². The lowest BCUT2D eigenvalue weighted by Crippen LogP contribution is -2.14. The van der Waals surface area contributed by atoms with Gasteiger partial charge in [-0.15, -0.1) is 0 Å². The van der Waals surface area contributed by atoms with Gasteiger partial charge in [0, 0.05) is 17.3 Å². The second-order valence-corrected chi connectivity index (χ2v) is 9.57. The molecule has 0 bridgehead atoms. The van der Waals surface area contributed by atoms with Crippen molar-refractivity contribution in [1.29, 1.82) is 0 Å². The average molecular weight is 460 g/mol. The summed E-state index contributed by atoms with van der Waals surface area (Å²) in [6.45, 7) is 6.07. The molecule has 0 radical (unpaired) electrons. The van der Waals surface area contributed by atoms with Crippen molar-refractivity contribution in [3.8, 4) is 16.9 Å². The predicted octanol–water partition coefficient (Wildman–Crippen LogP) is 5.22. The molecule has 0 atom stereocenters. The topological polar surface area (TPSA) is 65.1 Å². The van der Waals surface area contributed by atoms with Crippen molar-refractivity contribution in [3.05, 3.63) is 93.0 Å². The van der Waals surface area contributed by atoms with Gasteiger partial charge in [-0.25, -0.2) is 9.97 Å². The van der Waals surface area contributed by atoms with Gasteiger partial charge in [0.15, 0.2) is 5.16 Å². The van der Waals surface area contributed by atoms with Crippen molar-refractivity contribution >= 4 is 28.1 Å². The number of fused-ring (bicyclic) bond motifs is 1. The number of hydrogen-bond acceptors (Lipinski definition) is 6. The maximum Gasteiger partial charge on any atom is 0.275 e. The van der Waals surface area contributed by atoms with Crippen LogP contribution in [-0.4, -0.2) is 24.1 Å². The Morgan fingerprint density at radius 3 is 2.50 bits per heavy atom. The van der Waals surface area contributed by atoms with E-state index in [0.29, 0.717) is 16.4 Å². The monoisotopic (exact) mass is 459 g/mol. The third kappa shape index (κ3) is 3.76. The molecule has 3 aromatic heterocycles. The molecular weight excluding hydrogens is 438 g/mol. The van der Waals surface area contributed by atoms with Gasteiger partial charge in [0.1, 0.15) is 5.01 Å². The molecule has 0 unspecified atom stereocenters. The summed E-state index contributed by atoms with van der Waals surface area (Å²) in [5.41, 5.74) is 6.23. The fourth-order valence-corrected chi connectivity index (χ4v) is 5.68. The molecule has 32 heavy (non-hydrogen) atoms. The number of hydrogen-bond donors (Lipinski definition) is 0. The van der Waals surface area contributed by atoms with Crippen molar-refractivity contribution in [3.63, 3.8) is 0 Å². The van der Waals surface area contributed by atoms with Crippen LogP contribution in [0.3, 0.4) is 0 Å². The second-order valence-electron chi connectivity index (χ2n) is 7.58. The van der Waals surface area contributed by atoms with E-state index in [4.69, 9.17) is 4.98 Å². The summed E-state index contributed by atoms with van der Waals surface area (Å²) in [6.07, 6.45) is 1.93. The highest BCUT2D eigenvalue weighted by Crippen LogP contribution is 2.34. The molecule has 6 nitrogen and oxygen atoms in total. The van der Waals surface area contributed by atoms with E-state index in [1.807, 2.05) is 31.3 Å². The molecule has 0 aliphatic heterocycles. The highest BCUT2D eigenvalue weighted by molar-refractivity contribution is 7.98. The van der Waals surface area contributed by atoms with Crippen molar-refractivity contribution < 1.29 is 0 Å². The Balaban J connectivity index is 1.57. The van der Waals surface area contributed by atoms with Gasteiger partial charge in [0.25, 0.3) is 5.56 Å². The number of rotatable bonds is 5. The summed E-state index contributed by atoms with van der Waals surface area (Å²) in [6, 6.07) is 18.1. The minimum Gasteiger partial charge on any atom is -0.287 e. The van der Waals surface area contributed by atoms with Gasteiger partial charge >= 0.3 is 0 Å². The van der Waals surface area contributed by atoms with E-state index in [1.165, 1.54) is 33.0 Å². The second kappa shape index (κ2) is 8.37. The van der Waals surface area contributed by atoms with E-state index < -0.39 is 0 Å². The highest BCUT2D eigenvalue weighted by atomic mass is 32.2. The van der Waals surface area contributed by atoms with Crippen LogP contribution >= 0.6 is 23.1 Å². The molecular formula is C24H21N5OS2. The Morgan fingerprint density at radius 1 is 1.00 bits per heavy atom. The first-order valence-electron chi connectivity index (χ1n) is 10.2. The average Bonchev–Trinajstić information content (AvgIpc) is 3.37. The maximum absolute atomic E-state index is 12.2. The Hall–Kier alpha value is -3.23. The summed E-state index contributed by atoms with van der Waals surface area (Å²) in [4.78, 5) is 22.0. The molecule has 0 aliphatic carbocycles. The molecule has 8 heteroatoms. The molecule has 2 aromatic carbocycles. The van der Waals surface area contributed by atoms with Crippen LogP contribution in [-0.2, 0) is 5.75 Å². The van der Waals surface area contributed by atoms with Crippen molar-refractivity contribution in [2.24, 2.45) is 0 Å². The van der Waals surface area contributed by atoms with Gasteiger partial charge in [-0.05, 0) is 31.9 Å². The lowest BCUT2D eigenvalue weighted by Gasteiger charge is -2.16. The molecule has 0 saturated carbocycles. The molecule has 0 aliphatic rings. The van der Waals surface area contributed by atoms with Crippen molar-refractivity contribution in [1.82, 2.24) is 24.1 Å². The number of aryl methyl sites for hydroxylation is 3. The van der Waals surface area contributed by atoms with Gasteiger partial charge in [-0.2, -0.15) is 9.61 Å². The summed E-state index contributed by atoms with van der Waals surface area (Å²) in [7, 11) is 0. The van der Waals surface area contributed by atoms with Crippen molar-refractivity contribution in [2.45, 2.75) is 31.7 Å². The number of aromatic nitrogens is 5. The van der Waals surface area contributed by atoms with E-state index in [-0.39, 0.29) is 5.56 Å². The maximum atomic E-state index is 12.2. The van der Waals surface area contributed by atoms with E-state index in [9.17, 15) is 4.79 Å². The zero-order chi connectivity index (χ0) is 22.2. The number of thioether (sulfide) groups is 1. The summed E-state index contributed by atoms with van der Waals surface area (Å²) in [5.74, 6) is 0.600. The molecule has 0 amide bonds.